The van der Waals surface area contributed by atoms with E-state index in [1.165, 1.54) is 16.7 Å². The Balaban J connectivity index is 1.72. The number of hydrogen-bond acceptors (Lipinski definition) is 5. The minimum atomic E-state index is -2.05. The zero-order chi connectivity index (χ0) is 43.7. The molecule has 1 heterocycles. The van der Waals surface area contributed by atoms with Gasteiger partial charge in [0.2, 0.25) is 0 Å². The fourth-order valence-electron chi connectivity index (χ4n) is 7.56. The van der Waals surface area contributed by atoms with Gasteiger partial charge in [-0.2, -0.15) is 0 Å². The predicted molar refractivity (Wildman–Crippen MR) is 244 cm³/mol. The van der Waals surface area contributed by atoms with Crippen molar-refractivity contribution < 1.29 is 23.1 Å². The monoisotopic (exact) mass is 807 g/mol. The molecule has 0 amide bonds. The second-order valence-electron chi connectivity index (χ2n) is 22.8. The molecule has 1 aliphatic rings. The fraction of sp³-hybridized carbons (Fsp3) is 0.519. The van der Waals surface area contributed by atoms with Gasteiger partial charge < -0.3 is 18.3 Å². The molecule has 4 aromatic carbocycles. The lowest BCUT2D eigenvalue weighted by Crippen LogP contribution is -2.24. The zero-order valence-corrected chi connectivity index (χ0v) is 40.3. The van der Waals surface area contributed by atoms with Crippen LogP contribution in [0.3, 0.4) is 0 Å². The first-order valence-corrected chi connectivity index (χ1v) is 22.0. The second kappa shape index (κ2) is 15.3. The van der Waals surface area contributed by atoms with Crippen LogP contribution in [0.2, 0.25) is 0 Å². The molecule has 0 aliphatic carbocycles. The summed E-state index contributed by atoms with van der Waals surface area (Å²) in [6.07, 6.45) is 0.677. The Morgan fingerprint density at radius 2 is 0.931 bits per heavy atom. The number of benzene rings is 4. The summed E-state index contributed by atoms with van der Waals surface area (Å²) in [7, 11) is -2.05. The molecule has 0 aromatic heterocycles. The van der Waals surface area contributed by atoms with Crippen LogP contribution in [0.1, 0.15) is 191 Å². The third kappa shape index (κ3) is 9.95. The van der Waals surface area contributed by atoms with Crippen molar-refractivity contribution in [3.63, 3.8) is 0 Å². The third-order valence-corrected chi connectivity index (χ3v) is 11.9. The highest BCUT2D eigenvalue weighted by Crippen LogP contribution is 2.55. The van der Waals surface area contributed by atoms with Crippen LogP contribution in [0.25, 0.3) is 0 Å². The molecular weight excluding hydrogens is 736 g/mol. The van der Waals surface area contributed by atoms with Gasteiger partial charge in [-0.25, -0.2) is 4.79 Å². The Hall–Kier alpha value is -3.82. The van der Waals surface area contributed by atoms with E-state index >= 15 is 0 Å². The summed E-state index contributed by atoms with van der Waals surface area (Å²) in [5.41, 5.74) is 9.74. The van der Waals surface area contributed by atoms with Crippen molar-refractivity contribution in [2.24, 2.45) is 0 Å². The SMILES string of the molecule is Cc1cc2c(c(C(C)(C)C)c1)OP(Oc1c(C(C)(C)C)cc(C(=O)Oc3ccc(C(C)(C)C)cc3C(C)(C)C)cc1C(C)(C)C)Oc1c(cc(C)cc1C(C)(C)C)C2. The van der Waals surface area contributed by atoms with Gasteiger partial charge in [0, 0.05) is 34.2 Å². The molecule has 0 unspecified atom stereocenters. The number of fused-ring (bicyclic) bond motifs is 2. The Morgan fingerprint density at radius 1 is 0.517 bits per heavy atom. The van der Waals surface area contributed by atoms with Crippen molar-refractivity contribution in [1.82, 2.24) is 0 Å². The molecule has 58 heavy (non-hydrogen) atoms. The lowest BCUT2D eigenvalue weighted by molar-refractivity contribution is 0.0731. The maximum Gasteiger partial charge on any atom is 0.530 e. The molecule has 4 aromatic rings. The number of esters is 1. The molecule has 5 rings (SSSR count). The van der Waals surface area contributed by atoms with E-state index in [1.807, 2.05) is 18.2 Å². The quantitative estimate of drug-likeness (QED) is 0.117. The standard InChI is InChI=1S/C52H71O5P/c1-31-23-33-27-34-24-32(2)26-39(50(12,13)14)44(34)56-58(55-43(33)38(25-31)49(9,10)11)57-45-40(51(15,16)17)28-35(29-41(45)52(18,19)20)46(53)54-42-22-21-36(47(3,4)5)30-37(42)48(6,7)8/h21-26,28-30H,27H2,1-20H3. The molecule has 314 valence electrons. The highest BCUT2D eigenvalue weighted by Gasteiger charge is 2.38. The molecule has 1 aliphatic heterocycles. The van der Waals surface area contributed by atoms with Crippen LogP contribution in [0.5, 0.6) is 23.0 Å². The van der Waals surface area contributed by atoms with Gasteiger partial charge in [-0.1, -0.05) is 172 Å². The van der Waals surface area contributed by atoms with Gasteiger partial charge >= 0.3 is 14.6 Å². The summed E-state index contributed by atoms with van der Waals surface area (Å²) in [6.45, 7) is 43.6. The lowest BCUT2D eigenvalue weighted by atomic mass is 9.78. The molecule has 0 fully saturated rings. The van der Waals surface area contributed by atoms with Crippen molar-refractivity contribution in [2.75, 3.05) is 0 Å². The van der Waals surface area contributed by atoms with Crippen molar-refractivity contribution in [3.8, 4) is 23.0 Å². The van der Waals surface area contributed by atoms with E-state index < -0.39 is 25.4 Å². The zero-order valence-electron chi connectivity index (χ0n) is 39.4. The number of rotatable bonds is 4. The molecule has 0 saturated heterocycles. The molecule has 0 spiro atoms. The first-order valence-electron chi connectivity index (χ1n) is 20.9. The summed E-state index contributed by atoms with van der Waals surface area (Å²) in [5, 5.41) is 0. The van der Waals surface area contributed by atoms with Gasteiger partial charge in [-0.3, -0.25) is 0 Å². The second-order valence-corrected chi connectivity index (χ2v) is 23.8. The highest BCUT2D eigenvalue weighted by atomic mass is 31.2. The Kier molecular flexibility index (Phi) is 12.0. The summed E-state index contributed by atoms with van der Waals surface area (Å²) in [4.78, 5) is 14.4. The number of hydrogen-bond donors (Lipinski definition) is 0. The highest BCUT2D eigenvalue weighted by molar-refractivity contribution is 7.43. The van der Waals surface area contributed by atoms with Gasteiger partial charge in [0.1, 0.15) is 23.0 Å². The van der Waals surface area contributed by atoms with Crippen LogP contribution in [0.15, 0.2) is 54.6 Å². The first-order chi connectivity index (χ1) is 26.2. The first kappa shape index (κ1) is 45.3. The summed E-state index contributed by atoms with van der Waals surface area (Å²) >= 11 is 0. The number of ether oxygens (including phenoxy) is 1. The molecule has 6 heteroatoms. The molecule has 0 atom stereocenters. The topological polar surface area (TPSA) is 54.0 Å². The van der Waals surface area contributed by atoms with Gasteiger partial charge in [0.25, 0.3) is 0 Å². The van der Waals surface area contributed by atoms with Crippen LogP contribution in [-0.4, -0.2) is 5.97 Å². The molecular formula is C52H71O5P. The van der Waals surface area contributed by atoms with Crippen LogP contribution in [0.4, 0.5) is 0 Å². The van der Waals surface area contributed by atoms with Crippen LogP contribution in [0, 0.1) is 13.8 Å². The van der Waals surface area contributed by atoms with Gasteiger partial charge in [-0.05, 0) is 81.2 Å². The van der Waals surface area contributed by atoms with Crippen LogP contribution < -0.4 is 18.3 Å². The normalized spacial score (nSPS) is 14.4. The summed E-state index contributed by atoms with van der Waals surface area (Å²) in [5.74, 6) is 2.47. The Bertz CT molecular complexity index is 2100. The summed E-state index contributed by atoms with van der Waals surface area (Å²) < 4.78 is 27.8. The average Bonchev–Trinajstić information content (AvgIpc) is 3.03. The van der Waals surface area contributed by atoms with Gasteiger partial charge in [0.15, 0.2) is 0 Å². The van der Waals surface area contributed by atoms with E-state index in [-0.39, 0.29) is 21.7 Å². The van der Waals surface area contributed by atoms with E-state index in [2.05, 4.69) is 175 Å². The predicted octanol–water partition coefficient (Wildman–Crippen LogP) is 15.0. The van der Waals surface area contributed by atoms with Crippen molar-refractivity contribution in [2.45, 2.75) is 177 Å². The minimum absolute atomic E-state index is 0.0439. The average molecular weight is 807 g/mol. The van der Waals surface area contributed by atoms with E-state index in [9.17, 15) is 4.79 Å². The van der Waals surface area contributed by atoms with Crippen LogP contribution >= 0.6 is 8.60 Å². The van der Waals surface area contributed by atoms with Crippen LogP contribution in [-0.2, 0) is 38.9 Å². The Labute approximate surface area is 352 Å². The fourth-order valence-corrected chi connectivity index (χ4v) is 8.75. The lowest BCUT2D eigenvalue weighted by Gasteiger charge is -2.34. The van der Waals surface area contributed by atoms with E-state index in [0.717, 1.165) is 50.4 Å². The Morgan fingerprint density at radius 3 is 1.31 bits per heavy atom. The van der Waals surface area contributed by atoms with Crippen molar-refractivity contribution in [3.05, 3.63) is 116 Å². The van der Waals surface area contributed by atoms with Gasteiger partial charge in [-0.15, -0.1) is 0 Å². The smallest absolute Gasteiger partial charge is 0.423 e. The maximum atomic E-state index is 14.4. The molecule has 0 bridgehead atoms. The maximum absolute atomic E-state index is 14.4. The number of carbonyl (C=O) groups excluding carboxylic acids is 1. The van der Waals surface area contributed by atoms with E-state index in [0.29, 0.717) is 23.5 Å². The van der Waals surface area contributed by atoms with Crippen molar-refractivity contribution in [1.29, 1.82) is 0 Å². The molecule has 0 radical (unpaired) electrons. The number of carbonyl (C=O) groups is 1. The van der Waals surface area contributed by atoms with Gasteiger partial charge in [0.05, 0.1) is 5.56 Å². The number of aryl methyl sites for hydroxylation is 2. The van der Waals surface area contributed by atoms with Crippen molar-refractivity contribution >= 4 is 14.6 Å². The molecule has 5 nitrogen and oxygen atoms in total. The summed E-state index contributed by atoms with van der Waals surface area (Å²) in [6, 6.07) is 19.1. The molecule has 0 saturated carbocycles. The molecule has 0 N–H and O–H groups in total. The third-order valence-electron chi connectivity index (χ3n) is 10.9. The van der Waals surface area contributed by atoms with E-state index in [1.54, 1.807) is 0 Å². The largest absolute Gasteiger partial charge is 0.530 e. The minimum Gasteiger partial charge on any atom is -0.423 e. The van der Waals surface area contributed by atoms with E-state index in [4.69, 9.17) is 18.3 Å².